The van der Waals surface area contributed by atoms with Gasteiger partial charge in [-0.05, 0) is 25.8 Å². The molecular weight excluding hydrogens is 336 g/mol. The zero-order valence-electron chi connectivity index (χ0n) is 15.4. The molecule has 1 N–H and O–H groups in total. The fourth-order valence-corrected chi connectivity index (χ4v) is 3.95. The van der Waals surface area contributed by atoms with E-state index < -0.39 is 5.97 Å². The van der Waals surface area contributed by atoms with E-state index in [1.165, 1.54) is 25.5 Å². The Morgan fingerprint density at radius 3 is 2.62 bits per heavy atom. The minimum absolute atomic E-state index is 0.000696. The van der Waals surface area contributed by atoms with Crippen LogP contribution < -0.4 is 5.32 Å². The van der Waals surface area contributed by atoms with Crippen LogP contribution in [-0.4, -0.2) is 61.8 Å². The molecule has 1 aliphatic carbocycles. The van der Waals surface area contributed by atoms with Crippen molar-refractivity contribution < 1.29 is 23.5 Å². The zero-order valence-corrected chi connectivity index (χ0v) is 15.4. The maximum absolute atomic E-state index is 12.2. The van der Waals surface area contributed by atoms with Crippen LogP contribution in [0.3, 0.4) is 0 Å². The van der Waals surface area contributed by atoms with Crippen LogP contribution in [0.2, 0.25) is 0 Å². The maximum atomic E-state index is 12.2. The van der Waals surface area contributed by atoms with E-state index in [0.717, 1.165) is 39.1 Å². The Morgan fingerprint density at radius 2 is 1.96 bits per heavy atom. The summed E-state index contributed by atoms with van der Waals surface area (Å²) < 4.78 is 15.6. The minimum atomic E-state index is -0.608. The molecule has 7 heteroatoms. The number of carbonyl (C=O) groups excluding carboxylic acids is 2. The molecule has 2 heterocycles. The molecule has 1 saturated carbocycles. The predicted octanol–water partition coefficient (Wildman–Crippen LogP) is 1.90. The van der Waals surface area contributed by atoms with Gasteiger partial charge in [-0.15, -0.1) is 0 Å². The lowest BCUT2D eigenvalue weighted by molar-refractivity contribution is -0.125. The largest absolute Gasteiger partial charge is 0.457 e. The zero-order chi connectivity index (χ0) is 18.4. The summed E-state index contributed by atoms with van der Waals surface area (Å²) in [6.07, 6.45) is 7.21. The number of rotatable bonds is 6. The van der Waals surface area contributed by atoms with Gasteiger partial charge in [-0.25, -0.2) is 4.79 Å². The summed E-state index contributed by atoms with van der Waals surface area (Å²) in [5.41, 5.74) is 0.697. The van der Waals surface area contributed by atoms with Gasteiger partial charge >= 0.3 is 5.97 Å². The normalized spacial score (nSPS) is 20.5. The molecule has 0 radical (unpaired) electrons. The fraction of sp³-hybridized carbons (Fsp3) is 0.684. The molecule has 1 amide bonds. The molecule has 0 unspecified atom stereocenters. The van der Waals surface area contributed by atoms with E-state index in [1.807, 2.05) is 0 Å². The van der Waals surface area contributed by atoms with Crippen LogP contribution >= 0.6 is 0 Å². The fourth-order valence-electron chi connectivity index (χ4n) is 3.95. The summed E-state index contributed by atoms with van der Waals surface area (Å²) in [4.78, 5) is 26.6. The van der Waals surface area contributed by atoms with Crippen LogP contribution in [-0.2, 0) is 14.3 Å². The van der Waals surface area contributed by atoms with Crippen molar-refractivity contribution in [3.05, 3.63) is 23.7 Å². The molecule has 1 aliphatic heterocycles. The standard InChI is InChI=1S/C19H28N2O5/c1-15-5-10-25-17(15)18(23)26-13-16(22)20-14-19(6-3-2-4-7-19)21-8-11-24-12-9-21/h5,10H,2-4,6-9,11-14H2,1H3,(H,20,22). The molecule has 3 rings (SSSR count). The lowest BCUT2D eigenvalue weighted by Crippen LogP contribution is -2.59. The van der Waals surface area contributed by atoms with Crippen LogP contribution in [0.5, 0.6) is 0 Å². The second kappa shape index (κ2) is 8.68. The second-order valence-corrected chi connectivity index (χ2v) is 7.17. The summed E-state index contributed by atoms with van der Waals surface area (Å²) in [6, 6.07) is 1.69. The van der Waals surface area contributed by atoms with E-state index in [0.29, 0.717) is 12.1 Å². The topological polar surface area (TPSA) is 81.0 Å². The number of carbonyl (C=O) groups is 2. The third-order valence-electron chi connectivity index (χ3n) is 5.46. The Balaban J connectivity index is 1.51. The first-order valence-corrected chi connectivity index (χ1v) is 9.41. The minimum Gasteiger partial charge on any atom is -0.457 e. The van der Waals surface area contributed by atoms with Gasteiger partial charge in [0.15, 0.2) is 6.61 Å². The van der Waals surface area contributed by atoms with Gasteiger partial charge in [-0.2, -0.15) is 0 Å². The molecule has 1 aromatic heterocycles. The first-order valence-electron chi connectivity index (χ1n) is 9.41. The van der Waals surface area contributed by atoms with E-state index in [2.05, 4.69) is 10.2 Å². The quantitative estimate of drug-likeness (QED) is 0.777. The highest BCUT2D eigenvalue weighted by Gasteiger charge is 2.38. The van der Waals surface area contributed by atoms with E-state index in [1.54, 1.807) is 13.0 Å². The summed E-state index contributed by atoms with van der Waals surface area (Å²) in [5.74, 6) is -0.737. The summed E-state index contributed by atoms with van der Waals surface area (Å²) in [5, 5.41) is 2.98. The Kier molecular flexibility index (Phi) is 6.32. The third kappa shape index (κ3) is 4.45. The number of hydrogen-bond donors (Lipinski definition) is 1. The molecule has 0 aromatic carbocycles. The van der Waals surface area contributed by atoms with Crippen LogP contribution in [0.15, 0.2) is 16.7 Å². The van der Waals surface area contributed by atoms with Gasteiger partial charge < -0.3 is 19.2 Å². The number of morpholine rings is 1. The van der Waals surface area contributed by atoms with E-state index in [-0.39, 0.29) is 23.8 Å². The first-order chi connectivity index (χ1) is 12.6. The molecule has 144 valence electrons. The summed E-state index contributed by atoms with van der Waals surface area (Å²) in [7, 11) is 0. The van der Waals surface area contributed by atoms with E-state index in [9.17, 15) is 9.59 Å². The third-order valence-corrected chi connectivity index (χ3v) is 5.46. The van der Waals surface area contributed by atoms with Crippen molar-refractivity contribution in [2.75, 3.05) is 39.5 Å². The molecule has 0 bridgehead atoms. The molecule has 1 aromatic rings. The number of nitrogens with one attached hydrogen (secondary N) is 1. The number of amides is 1. The van der Waals surface area contributed by atoms with Crippen molar-refractivity contribution in [2.45, 2.75) is 44.6 Å². The molecule has 0 spiro atoms. The van der Waals surface area contributed by atoms with Crippen LogP contribution in [0.1, 0.15) is 48.2 Å². The van der Waals surface area contributed by atoms with E-state index in [4.69, 9.17) is 13.9 Å². The highest BCUT2D eigenvalue weighted by molar-refractivity contribution is 5.90. The Bertz CT molecular complexity index is 615. The van der Waals surface area contributed by atoms with Gasteiger partial charge in [-0.3, -0.25) is 9.69 Å². The number of furan rings is 1. The maximum Gasteiger partial charge on any atom is 0.375 e. The Labute approximate surface area is 154 Å². The summed E-state index contributed by atoms with van der Waals surface area (Å²) >= 11 is 0. The lowest BCUT2D eigenvalue weighted by atomic mass is 9.79. The number of aryl methyl sites for hydroxylation is 1. The molecule has 0 atom stereocenters. The monoisotopic (exact) mass is 364 g/mol. The molecule has 26 heavy (non-hydrogen) atoms. The van der Waals surface area contributed by atoms with Crippen LogP contribution in [0, 0.1) is 6.92 Å². The van der Waals surface area contributed by atoms with Crippen molar-refractivity contribution in [1.82, 2.24) is 10.2 Å². The number of ether oxygens (including phenoxy) is 2. The lowest BCUT2D eigenvalue weighted by Gasteiger charge is -2.48. The molecule has 1 saturated heterocycles. The van der Waals surface area contributed by atoms with Crippen molar-refractivity contribution in [1.29, 1.82) is 0 Å². The second-order valence-electron chi connectivity index (χ2n) is 7.17. The van der Waals surface area contributed by atoms with Gasteiger partial charge in [-0.1, -0.05) is 19.3 Å². The van der Waals surface area contributed by atoms with Gasteiger partial charge in [0.2, 0.25) is 5.76 Å². The number of nitrogens with zero attached hydrogens (tertiary/aromatic N) is 1. The molecular formula is C19H28N2O5. The average Bonchev–Trinajstić information content (AvgIpc) is 3.12. The molecule has 2 fully saturated rings. The highest BCUT2D eigenvalue weighted by Crippen LogP contribution is 2.33. The SMILES string of the molecule is Cc1ccoc1C(=O)OCC(=O)NCC1(N2CCOCC2)CCCCC1. The van der Waals surface area contributed by atoms with Gasteiger partial charge in [0.25, 0.3) is 5.91 Å². The smallest absolute Gasteiger partial charge is 0.375 e. The van der Waals surface area contributed by atoms with Crippen molar-refractivity contribution >= 4 is 11.9 Å². The van der Waals surface area contributed by atoms with Crippen LogP contribution in [0.25, 0.3) is 0 Å². The van der Waals surface area contributed by atoms with Gasteiger partial charge in [0.1, 0.15) is 0 Å². The molecule has 7 nitrogen and oxygen atoms in total. The predicted molar refractivity (Wildman–Crippen MR) is 94.9 cm³/mol. The van der Waals surface area contributed by atoms with Gasteiger partial charge in [0, 0.05) is 30.7 Å². The Hall–Kier alpha value is -1.86. The summed E-state index contributed by atoms with van der Waals surface area (Å²) in [6.45, 7) is 5.35. The average molecular weight is 364 g/mol. The van der Waals surface area contributed by atoms with Crippen molar-refractivity contribution in [3.63, 3.8) is 0 Å². The highest BCUT2D eigenvalue weighted by atomic mass is 16.5. The first kappa shape index (κ1) is 18.9. The van der Waals surface area contributed by atoms with E-state index >= 15 is 0 Å². The van der Waals surface area contributed by atoms with Crippen molar-refractivity contribution in [2.24, 2.45) is 0 Å². The van der Waals surface area contributed by atoms with Crippen LogP contribution in [0.4, 0.5) is 0 Å². The number of esters is 1. The Morgan fingerprint density at radius 1 is 1.23 bits per heavy atom. The van der Waals surface area contributed by atoms with Crippen molar-refractivity contribution in [3.8, 4) is 0 Å². The molecule has 2 aliphatic rings. The van der Waals surface area contributed by atoms with Gasteiger partial charge in [0.05, 0.1) is 19.5 Å². The number of hydrogen-bond acceptors (Lipinski definition) is 6.